The van der Waals surface area contributed by atoms with Gasteiger partial charge in [0.1, 0.15) is 17.8 Å². The van der Waals surface area contributed by atoms with Crippen molar-refractivity contribution in [3.63, 3.8) is 0 Å². The second kappa shape index (κ2) is 7.21. The Balaban J connectivity index is 1.75. The van der Waals surface area contributed by atoms with E-state index in [4.69, 9.17) is 0 Å². The fraction of sp³-hybridized carbons (Fsp3) is 0.438. The molecular weight excluding hydrogens is 329 g/mol. The first kappa shape index (κ1) is 16.8. The van der Waals surface area contributed by atoms with E-state index < -0.39 is 11.1 Å². The van der Waals surface area contributed by atoms with E-state index >= 15 is 0 Å². The highest BCUT2D eigenvalue weighted by Crippen LogP contribution is 2.32. The molecule has 24 heavy (non-hydrogen) atoms. The molecule has 1 saturated heterocycles. The van der Waals surface area contributed by atoms with Crippen molar-refractivity contribution < 1.29 is 9.18 Å². The van der Waals surface area contributed by atoms with Crippen molar-refractivity contribution in [3.8, 4) is 0 Å². The van der Waals surface area contributed by atoms with E-state index in [0.29, 0.717) is 5.16 Å². The maximum Gasteiger partial charge on any atom is 0.237 e. The molecule has 1 amide bonds. The summed E-state index contributed by atoms with van der Waals surface area (Å²) in [6.07, 6.45) is 3.75. The van der Waals surface area contributed by atoms with Crippen molar-refractivity contribution in [2.75, 3.05) is 23.3 Å². The number of amides is 1. The van der Waals surface area contributed by atoms with Gasteiger partial charge in [0.15, 0.2) is 5.16 Å². The summed E-state index contributed by atoms with van der Waals surface area (Å²) in [6.45, 7) is 3.54. The van der Waals surface area contributed by atoms with Crippen LogP contribution in [0.25, 0.3) is 0 Å². The molecule has 1 unspecified atom stereocenters. The molecule has 0 spiro atoms. The quantitative estimate of drug-likeness (QED) is 0.841. The molecule has 1 atom stereocenters. The molecule has 1 aromatic heterocycles. The summed E-state index contributed by atoms with van der Waals surface area (Å²) in [7, 11) is 1.81. The third-order valence-electron chi connectivity index (χ3n) is 4.01. The van der Waals surface area contributed by atoms with Gasteiger partial charge in [0.2, 0.25) is 5.91 Å². The molecule has 1 N–H and O–H groups in total. The summed E-state index contributed by atoms with van der Waals surface area (Å²) < 4.78 is 16.0. The normalized spacial score (nSPS) is 15.5. The molecule has 1 aliphatic heterocycles. The number of thioether (sulfide) groups is 1. The van der Waals surface area contributed by atoms with Crippen LogP contribution >= 0.6 is 11.8 Å². The molecule has 1 fully saturated rings. The first-order valence-corrected chi connectivity index (χ1v) is 8.79. The summed E-state index contributed by atoms with van der Waals surface area (Å²) in [4.78, 5) is 14.6. The van der Waals surface area contributed by atoms with Gasteiger partial charge in [-0.3, -0.25) is 4.79 Å². The molecule has 0 radical (unpaired) electrons. The molecule has 0 bridgehead atoms. The van der Waals surface area contributed by atoms with Gasteiger partial charge in [0, 0.05) is 20.1 Å². The van der Waals surface area contributed by atoms with E-state index in [1.165, 1.54) is 17.8 Å². The molecule has 6 nitrogen and oxygen atoms in total. The molecular formula is C16H20FN5OS. The zero-order valence-corrected chi connectivity index (χ0v) is 14.5. The third-order valence-corrected chi connectivity index (χ3v) is 5.16. The number of nitrogens with zero attached hydrogens (tertiary/aromatic N) is 4. The average Bonchev–Trinajstić information content (AvgIpc) is 3.22. The molecule has 8 heteroatoms. The molecule has 1 aliphatic rings. The van der Waals surface area contributed by atoms with Crippen molar-refractivity contribution in [1.29, 1.82) is 0 Å². The number of rotatable bonds is 5. The molecule has 128 valence electrons. The lowest BCUT2D eigenvalue weighted by molar-refractivity contribution is -0.115. The standard InChI is InChI=1S/C16H20FN5OS/c1-11(24-16-20-18-10-21(16)2)15(23)19-14-12(17)6-5-7-13(14)22-8-3-4-9-22/h5-7,10-11H,3-4,8-9H2,1-2H3,(H,19,23). The fourth-order valence-electron chi connectivity index (χ4n) is 2.67. The Hall–Kier alpha value is -2.09. The van der Waals surface area contributed by atoms with Crippen molar-refractivity contribution in [2.45, 2.75) is 30.2 Å². The minimum absolute atomic E-state index is 0.256. The highest BCUT2D eigenvalue weighted by atomic mass is 32.2. The summed E-state index contributed by atoms with van der Waals surface area (Å²) >= 11 is 1.29. The third kappa shape index (κ3) is 3.53. The van der Waals surface area contributed by atoms with E-state index in [9.17, 15) is 9.18 Å². The van der Waals surface area contributed by atoms with Crippen LogP contribution < -0.4 is 10.2 Å². The van der Waals surface area contributed by atoms with Crippen LogP contribution in [0.15, 0.2) is 29.7 Å². The van der Waals surface area contributed by atoms with Crippen LogP contribution in [0.3, 0.4) is 0 Å². The van der Waals surface area contributed by atoms with Gasteiger partial charge in [-0.1, -0.05) is 17.8 Å². The summed E-state index contributed by atoms with van der Waals surface area (Å²) in [5, 5.41) is 10.7. The Bertz CT molecular complexity index is 729. The first-order valence-electron chi connectivity index (χ1n) is 7.91. The maximum atomic E-state index is 14.3. The van der Waals surface area contributed by atoms with Gasteiger partial charge in [-0.2, -0.15) is 0 Å². The molecule has 0 saturated carbocycles. The van der Waals surface area contributed by atoms with Crippen molar-refractivity contribution in [3.05, 3.63) is 30.3 Å². The van der Waals surface area contributed by atoms with Gasteiger partial charge in [0.05, 0.1) is 10.9 Å². The second-order valence-electron chi connectivity index (χ2n) is 5.80. The molecule has 2 heterocycles. The van der Waals surface area contributed by atoms with Gasteiger partial charge in [-0.25, -0.2) is 4.39 Å². The van der Waals surface area contributed by atoms with E-state index in [2.05, 4.69) is 20.4 Å². The molecule has 2 aromatic rings. The Morgan fingerprint density at radius 1 is 1.38 bits per heavy atom. The van der Waals surface area contributed by atoms with E-state index in [1.807, 2.05) is 13.1 Å². The number of carbonyl (C=O) groups excluding carboxylic acids is 1. The van der Waals surface area contributed by atoms with Crippen LogP contribution in [0.1, 0.15) is 19.8 Å². The van der Waals surface area contributed by atoms with Crippen LogP contribution in [0, 0.1) is 5.82 Å². The first-order chi connectivity index (χ1) is 11.6. The van der Waals surface area contributed by atoms with Crippen LogP contribution in [0.2, 0.25) is 0 Å². The lowest BCUT2D eigenvalue weighted by Crippen LogP contribution is -2.26. The van der Waals surface area contributed by atoms with Gasteiger partial charge in [-0.15, -0.1) is 10.2 Å². The SMILES string of the molecule is CC(Sc1nncn1C)C(=O)Nc1c(F)cccc1N1CCCC1. The zero-order chi connectivity index (χ0) is 17.1. The van der Waals surface area contributed by atoms with Gasteiger partial charge < -0.3 is 14.8 Å². The van der Waals surface area contributed by atoms with Crippen LogP contribution in [-0.4, -0.2) is 39.0 Å². The fourth-order valence-corrected chi connectivity index (χ4v) is 3.46. The van der Waals surface area contributed by atoms with Crippen molar-refractivity contribution >= 4 is 29.0 Å². The van der Waals surface area contributed by atoms with Crippen LogP contribution in [-0.2, 0) is 11.8 Å². The number of hydrogen-bond donors (Lipinski definition) is 1. The molecule has 1 aromatic carbocycles. The summed E-state index contributed by atoms with van der Waals surface area (Å²) in [5.41, 5.74) is 1.01. The number of nitrogens with one attached hydrogen (secondary N) is 1. The lowest BCUT2D eigenvalue weighted by Gasteiger charge is -2.22. The maximum absolute atomic E-state index is 14.3. The van der Waals surface area contributed by atoms with E-state index in [1.54, 1.807) is 23.9 Å². The van der Waals surface area contributed by atoms with Gasteiger partial charge in [-0.05, 0) is 31.9 Å². The number of aryl methyl sites for hydroxylation is 1. The Labute approximate surface area is 144 Å². The number of halogens is 1. The van der Waals surface area contributed by atoms with Gasteiger partial charge >= 0.3 is 0 Å². The number of anilines is 2. The smallest absolute Gasteiger partial charge is 0.237 e. The predicted molar refractivity (Wildman–Crippen MR) is 92.8 cm³/mol. The highest BCUT2D eigenvalue weighted by Gasteiger charge is 2.23. The number of aromatic nitrogens is 3. The highest BCUT2D eigenvalue weighted by molar-refractivity contribution is 8.00. The summed E-state index contributed by atoms with van der Waals surface area (Å²) in [5.74, 6) is -0.669. The van der Waals surface area contributed by atoms with Gasteiger partial charge in [0.25, 0.3) is 0 Å². The Morgan fingerprint density at radius 3 is 2.79 bits per heavy atom. The molecule has 0 aliphatic carbocycles. The zero-order valence-electron chi connectivity index (χ0n) is 13.7. The van der Waals surface area contributed by atoms with E-state index in [0.717, 1.165) is 31.6 Å². The van der Waals surface area contributed by atoms with Crippen molar-refractivity contribution in [1.82, 2.24) is 14.8 Å². The second-order valence-corrected chi connectivity index (χ2v) is 7.11. The lowest BCUT2D eigenvalue weighted by atomic mass is 10.2. The predicted octanol–water partition coefficient (Wildman–Crippen LogP) is 2.67. The van der Waals surface area contributed by atoms with Crippen molar-refractivity contribution in [2.24, 2.45) is 7.05 Å². The van der Waals surface area contributed by atoms with E-state index in [-0.39, 0.29) is 11.6 Å². The largest absolute Gasteiger partial charge is 0.370 e. The minimum Gasteiger partial charge on any atom is -0.370 e. The topological polar surface area (TPSA) is 63.1 Å². The number of carbonyl (C=O) groups is 1. The number of para-hydroxylation sites is 1. The molecule has 3 rings (SSSR count). The summed E-state index contributed by atoms with van der Waals surface area (Å²) in [6, 6.07) is 4.90. The Kier molecular flexibility index (Phi) is 5.03. The Morgan fingerprint density at radius 2 is 2.12 bits per heavy atom. The van der Waals surface area contributed by atoms with Crippen LogP contribution in [0.5, 0.6) is 0 Å². The monoisotopic (exact) mass is 349 g/mol. The number of benzene rings is 1. The average molecular weight is 349 g/mol. The number of hydrogen-bond acceptors (Lipinski definition) is 5. The minimum atomic E-state index is -0.418. The van der Waals surface area contributed by atoms with Crippen LogP contribution in [0.4, 0.5) is 15.8 Å².